The van der Waals surface area contributed by atoms with Crippen LogP contribution < -0.4 is 22.3 Å². The van der Waals surface area contributed by atoms with E-state index in [1.807, 2.05) is 27.7 Å². The second-order valence-corrected chi connectivity index (χ2v) is 5.55. The molecule has 7 nitrogen and oxygen atoms in total. The standard InChI is InChI=1S/C14H24N4O3/c1-5-6-17-7-11(15)13(20)18(14(17)21)8-12(19)16-10(4)9(2)3/h7,9-10H,5-6,8,15H2,1-4H3,(H,16,19). The Balaban J connectivity index is 3.05. The van der Waals surface area contributed by atoms with Gasteiger partial charge in [0.25, 0.3) is 5.56 Å². The Bertz CT molecular complexity index is 616. The number of amides is 1. The van der Waals surface area contributed by atoms with Crippen LogP contribution in [0.15, 0.2) is 15.8 Å². The molecule has 0 fully saturated rings. The maximum Gasteiger partial charge on any atom is 0.331 e. The smallest absolute Gasteiger partial charge is 0.331 e. The highest BCUT2D eigenvalue weighted by Crippen LogP contribution is 1.99. The minimum atomic E-state index is -0.625. The minimum absolute atomic E-state index is 0.0345. The zero-order chi connectivity index (χ0) is 16.2. The van der Waals surface area contributed by atoms with Crippen molar-refractivity contribution in [2.75, 3.05) is 5.73 Å². The van der Waals surface area contributed by atoms with Crippen LogP contribution in [0.5, 0.6) is 0 Å². The first kappa shape index (κ1) is 17.0. The van der Waals surface area contributed by atoms with Crippen molar-refractivity contribution in [2.45, 2.75) is 53.2 Å². The maximum absolute atomic E-state index is 12.2. The van der Waals surface area contributed by atoms with Crippen molar-refractivity contribution in [3.8, 4) is 0 Å². The number of hydrogen-bond donors (Lipinski definition) is 2. The van der Waals surface area contributed by atoms with Gasteiger partial charge in [0.1, 0.15) is 12.2 Å². The van der Waals surface area contributed by atoms with Gasteiger partial charge in [-0.05, 0) is 19.3 Å². The molecule has 7 heteroatoms. The number of carbonyl (C=O) groups is 1. The van der Waals surface area contributed by atoms with E-state index in [4.69, 9.17) is 5.73 Å². The Morgan fingerprint density at radius 1 is 1.33 bits per heavy atom. The van der Waals surface area contributed by atoms with Crippen molar-refractivity contribution in [2.24, 2.45) is 5.92 Å². The summed E-state index contributed by atoms with van der Waals surface area (Å²) in [6.45, 7) is 7.88. The van der Waals surface area contributed by atoms with Gasteiger partial charge in [0.05, 0.1) is 0 Å². The van der Waals surface area contributed by atoms with Crippen LogP contribution in [0.4, 0.5) is 5.69 Å². The summed E-state index contributed by atoms with van der Waals surface area (Å²) in [6, 6.07) is -0.0351. The number of nitrogens with zero attached hydrogens (tertiary/aromatic N) is 2. The molecule has 1 aromatic heterocycles. The number of nitrogens with two attached hydrogens (primary N) is 1. The second-order valence-electron chi connectivity index (χ2n) is 5.55. The molecule has 0 aliphatic carbocycles. The normalized spacial score (nSPS) is 12.4. The van der Waals surface area contributed by atoms with E-state index in [1.54, 1.807) is 0 Å². The zero-order valence-corrected chi connectivity index (χ0v) is 13.0. The first-order valence-electron chi connectivity index (χ1n) is 7.17. The molecule has 0 aliphatic heterocycles. The predicted octanol–water partition coefficient (Wildman–Crippen LogP) is 0.163. The van der Waals surface area contributed by atoms with Gasteiger partial charge < -0.3 is 11.1 Å². The monoisotopic (exact) mass is 296 g/mol. The molecule has 1 atom stereocenters. The van der Waals surface area contributed by atoms with Crippen molar-refractivity contribution in [1.82, 2.24) is 14.5 Å². The third kappa shape index (κ3) is 4.21. The Kier molecular flexibility index (Phi) is 5.75. The van der Waals surface area contributed by atoms with Crippen LogP contribution in [0.25, 0.3) is 0 Å². The van der Waals surface area contributed by atoms with E-state index in [2.05, 4.69) is 5.32 Å². The first-order chi connectivity index (χ1) is 9.77. The number of carbonyl (C=O) groups excluding carboxylic acids is 1. The predicted molar refractivity (Wildman–Crippen MR) is 82.1 cm³/mol. The maximum atomic E-state index is 12.2. The number of aryl methyl sites for hydroxylation is 1. The summed E-state index contributed by atoms with van der Waals surface area (Å²) in [7, 11) is 0. The second kappa shape index (κ2) is 7.10. The lowest BCUT2D eigenvalue weighted by atomic mass is 10.1. The number of rotatable bonds is 6. The van der Waals surface area contributed by atoms with Crippen LogP contribution in [-0.2, 0) is 17.9 Å². The Labute approximate surface area is 123 Å². The molecule has 1 amide bonds. The fourth-order valence-electron chi connectivity index (χ4n) is 1.83. The van der Waals surface area contributed by atoms with Gasteiger partial charge in [-0.2, -0.15) is 0 Å². The lowest BCUT2D eigenvalue weighted by Gasteiger charge is -2.18. The van der Waals surface area contributed by atoms with Gasteiger partial charge in [0.15, 0.2) is 0 Å². The molecule has 1 unspecified atom stereocenters. The fourth-order valence-corrected chi connectivity index (χ4v) is 1.83. The largest absolute Gasteiger partial charge is 0.393 e. The highest BCUT2D eigenvalue weighted by Gasteiger charge is 2.15. The van der Waals surface area contributed by atoms with Crippen molar-refractivity contribution in [3.63, 3.8) is 0 Å². The van der Waals surface area contributed by atoms with E-state index in [-0.39, 0.29) is 30.1 Å². The van der Waals surface area contributed by atoms with Crippen molar-refractivity contribution in [1.29, 1.82) is 0 Å². The number of nitrogens with one attached hydrogen (secondary N) is 1. The molecule has 21 heavy (non-hydrogen) atoms. The molecule has 0 bridgehead atoms. The average Bonchev–Trinajstić information content (AvgIpc) is 2.41. The molecule has 0 saturated heterocycles. The quantitative estimate of drug-likeness (QED) is 0.781. The van der Waals surface area contributed by atoms with Crippen LogP contribution in [0, 0.1) is 5.92 Å². The van der Waals surface area contributed by atoms with E-state index in [0.29, 0.717) is 6.54 Å². The van der Waals surface area contributed by atoms with Gasteiger partial charge >= 0.3 is 5.69 Å². The Morgan fingerprint density at radius 3 is 2.48 bits per heavy atom. The molecule has 0 aliphatic rings. The molecular weight excluding hydrogens is 272 g/mol. The van der Waals surface area contributed by atoms with Gasteiger partial charge in [0.2, 0.25) is 5.91 Å². The Hall–Kier alpha value is -2.05. The number of hydrogen-bond acceptors (Lipinski definition) is 4. The molecule has 0 spiro atoms. The summed E-state index contributed by atoms with van der Waals surface area (Å²) in [6.07, 6.45) is 2.06. The van der Waals surface area contributed by atoms with E-state index in [9.17, 15) is 14.4 Å². The van der Waals surface area contributed by atoms with E-state index < -0.39 is 11.2 Å². The molecular formula is C14H24N4O3. The molecule has 0 saturated carbocycles. The summed E-state index contributed by atoms with van der Waals surface area (Å²) in [5, 5.41) is 2.77. The molecule has 1 heterocycles. The highest BCUT2D eigenvalue weighted by atomic mass is 16.2. The summed E-state index contributed by atoms with van der Waals surface area (Å²) in [5.74, 6) is -0.104. The summed E-state index contributed by atoms with van der Waals surface area (Å²) in [4.78, 5) is 36.1. The number of nitrogen functional groups attached to an aromatic ring is 1. The summed E-state index contributed by atoms with van der Waals surface area (Å²) in [5.41, 5.74) is 4.45. The lowest BCUT2D eigenvalue weighted by molar-refractivity contribution is -0.122. The zero-order valence-electron chi connectivity index (χ0n) is 13.0. The van der Waals surface area contributed by atoms with Gasteiger partial charge in [-0.15, -0.1) is 0 Å². The van der Waals surface area contributed by atoms with Gasteiger partial charge in [0, 0.05) is 18.8 Å². The Morgan fingerprint density at radius 2 is 1.95 bits per heavy atom. The van der Waals surface area contributed by atoms with Gasteiger partial charge in [-0.25, -0.2) is 9.36 Å². The molecule has 118 valence electrons. The van der Waals surface area contributed by atoms with E-state index in [1.165, 1.54) is 10.8 Å². The SMILES string of the molecule is CCCn1cc(N)c(=O)n(CC(=O)NC(C)C(C)C)c1=O. The average molecular weight is 296 g/mol. The van der Waals surface area contributed by atoms with Crippen molar-refractivity contribution >= 4 is 11.6 Å². The molecule has 1 aromatic rings. The number of anilines is 1. The highest BCUT2D eigenvalue weighted by molar-refractivity contribution is 5.76. The first-order valence-corrected chi connectivity index (χ1v) is 7.17. The van der Waals surface area contributed by atoms with Crippen LogP contribution in [0.2, 0.25) is 0 Å². The molecule has 1 rings (SSSR count). The van der Waals surface area contributed by atoms with Crippen LogP contribution in [-0.4, -0.2) is 21.1 Å². The van der Waals surface area contributed by atoms with Crippen LogP contribution in [0.3, 0.4) is 0 Å². The summed E-state index contributed by atoms with van der Waals surface area (Å²) < 4.78 is 2.24. The van der Waals surface area contributed by atoms with Crippen LogP contribution in [0.1, 0.15) is 34.1 Å². The van der Waals surface area contributed by atoms with Crippen molar-refractivity contribution in [3.05, 3.63) is 27.0 Å². The van der Waals surface area contributed by atoms with Crippen molar-refractivity contribution < 1.29 is 4.79 Å². The third-order valence-corrected chi connectivity index (χ3v) is 3.42. The third-order valence-electron chi connectivity index (χ3n) is 3.42. The van der Waals surface area contributed by atoms with Gasteiger partial charge in [-0.3, -0.25) is 14.2 Å². The molecule has 3 N–H and O–H groups in total. The summed E-state index contributed by atoms with van der Waals surface area (Å²) >= 11 is 0. The minimum Gasteiger partial charge on any atom is -0.393 e. The van der Waals surface area contributed by atoms with Crippen LogP contribution >= 0.6 is 0 Å². The van der Waals surface area contributed by atoms with E-state index in [0.717, 1.165) is 11.0 Å². The topological polar surface area (TPSA) is 99.1 Å². The van der Waals surface area contributed by atoms with Gasteiger partial charge in [-0.1, -0.05) is 20.8 Å². The lowest BCUT2D eigenvalue weighted by Crippen LogP contribution is -2.46. The number of aromatic nitrogens is 2. The molecule has 0 radical (unpaired) electrons. The molecule has 0 aromatic carbocycles. The van der Waals surface area contributed by atoms with E-state index >= 15 is 0 Å². The fraction of sp³-hybridized carbons (Fsp3) is 0.643.